The van der Waals surface area contributed by atoms with Crippen LogP contribution in [0.4, 0.5) is 10.5 Å². The van der Waals surface area contributed by atoms with Gasteiger partial charge in [0.05, 0.1) is 19.8 Å². The molecular formula is C17H19N3O4. The molecular weight excluding hydrogens is 310 g/mol. The van der Waals surface area contributed by atoms with Crippen LogP contribution in [0.1, 0.15) is 15.9 Å². The second kappa shape index (κ2) is 7.87. The molecule has 0 unspecified atom stereocenters. The Morgan fingerprint density at radius 1 is 1.04 bits per heavy atom. The largest absolute Gasteiger partial charge is 0.493 e. The normalized spacial score (nSPS) is 9.92. The van der Waals surface area contributed by atoms with E-state index < -0.39 is 11.9 Å². The van der Waals surface area contributed by atoms with Crippen molar-refractivity contribution in [3.05, 3.63) is 53.6 Å². The van der Waals surface area contributed by atoms with Crippen LogP contribution in [0.5, 0.6) is 11.5 Å². The van der Waals surface area contributed by atoms with Crippen molar-refractivity contribution in [3.63, 3.8) is 0 Å². The van der Waals surface area contributed by atoms with Gasteiger partial charge in [0.25, 0.3) is 5.91 Å². The molecule has 0 saturated carbocycles. The standard InChI is InChI=1S/C17H19N3O4/c1-23-14-8-7-11(9-15(14)24-2)10-19-17(22)20-16(21)12-5-3-4-6-13(12)18/h3-9H,10,18H2,1-2H3,(H2,19,20,21,22). The Morgan fingerprint density at radius 3 is 2.42 bits per heavy atom. The van der Waals surface area contributed by atoms with E-state index in [2.05, 4.69) is 10.6 Å². The number of nitrogen functional groups attached to an aromatic ring is 1. The van der Waals surface area contributed by atoms with Gasteiger partial charge in [-0.15, -0.1) is 0 Å². The third-order valence-corrected chi connectivity index (χ3v) is 3.33. The highest BCUT2D eigenvalue weighted by molar-refractivity contribution is 6.07. The van der Waals surface area contributed by atoms with E-state index in [1.807, 2.05) is 0 Å². The zero-order chi connectivity index (χ0) is 17.5. The van der Waals surface area contributed by atoms with Gasteiger partial charge >= 0.3 is 6.03 Å². The minimum Gasteiger partial charge on any atom is -0.493 e. The van der Waals surface area contributed by atoms with Gasteiger partial charge in [0.2, 0.25) is 0 Å². The molecule has 0 heterocycles. The molecule has 7 nitrogen and oxygen atoms in total. The fourth-order valence-corrected chi connectivity index (χ4v) is 2.09. The fourth-order valence-electron chi connectivity index (χ4n) is 2.09. The molecule has 0 aliphatic heterocycles. The van der Waals surface area contributed by atoms with Crippen LogP contribution in [0.3, 0.4) is 0 Å². The molecule has 0 spiro atoms. The number of para-hydroxylation sites is 1. The SMILES string of the molecule is COc1ccc(CNC(=O)NC(=O)c2ccccc2N)cc1OC. The van der Waals surface area contributed by atoms with E-state index in [0.29, 0.717) is 17.2 Å². The predicted octanol–water partition coefficient (Wildman–Crippen LogP) is 1.93. The number of nitrogens with two attached hydrogens (primary N) is 1. The molecule has 0 aliphatic carbocycles. The lowest BCUT2D eigenvalue weighted by Crippen LogP contribution is -2.39. The third-order valence-electron chi connectivity index (χ3n) is 3.33. The zero-order valence-electron chi connectivity index (χ0n) is 13.5. The fraction of sp³-hybridized carbons (Fsp3) is 0.176. The lowest BCUT2D eigenvalue weighted by molar-refractivity contribution is 0.0965. The van der Waals surface area contributed by atoms with Crippen LogP contribution < -0.4 is 25.8 Å². The van der Waals surface area contributed by atoms with Gasteiger partial charge in [0, 0.05) is 12.2 Å². The van der Waals surface area contributed by atoms with Crippen LogP contribution in [-0.2, 0) is 6.54 Å². The number of hydrogen-bond donors (Lipinski definition) is 3. The maximum Gasteiger partial charge on any atom is 0.321 e. The van der Waals surface area contributed by atoms with Gasteiger partial charge in [-0.3, -0.25) is 10.1 Å². The summed E-state index contributed by atoms with van der Waals surface area (Å²) in [4.78, 5) is 23.8. The van der Waals surface area contributed by atoms with Crippen molar-refractivity contribution in [1.82, 2.24) is 10.6 Å². The van der Waals surface area contributed by atoms with Crippen LogP contribution in [0, 0.1) is 0 Å². The lowest BCUT2D eigenvalue weighted by Gasteiger charge is -2.11. The molecule has 0 saturated heterocycles. The number of imide groups is 1. The summed E-state index contributed by atoms with van der Waals surface area (Å²) in [5.41, 5.74) is 7.06. The average Bonchev–Trinajstić information content (AvgIpc) is 2.59. The first kappa shape index (κ1) is 17.1. The summed E-state index contributed by atoms with van der Waals surface area (Å²) in [5.74, 6) is 0.601. The van der Waals surface area contributed by atoms with Gasteiger partial charge in [-0.1, -0.05) is 18.2 Å². The zero-order valence-corrected chi connectivity index (χ0v) is 13.5. The minimum atomic E-state index is -0.613. The first-order chi connectivity index (χ1) is 11.5. The quantitative estimate of drug-likeness (QED) is 0.727. The van der Waals surface area contributed by atoms with E-state index in [1.54, 1.807) is 49.6 Å². The van der Waals surface area contributed by atoms with E-state index in [0.717, 1.165) is 5.56 Å². The van der Waals surface area contributed by atoms with Crippen LogP contribution in [-0.4, -0.2) is 26.2 Å². The maximum absolute atomic E-state index is 12.0. The molecule has 126 valence electrons. The Bertz CT molecular complexity index is 746. The van der Waals surface area contributed by atoms with Crippen LogP contribution in [0.2, 0.25) is 0 Å². The second-order valence-electron chi connectivity index (χ2n) is 4.91. The summed E-state index contributed by atoms with van der Waals surface area (Å²) >= 11 is 0. The van der Waals surface area contributed by atoms with Crippen molar-refractivity contribution in [2.24, 2.45) is 0 Å². The first-order valence-electron chi connectivity index (χ1n) is 7.19. The van der Waals surface area contributed by atoms with Crippen molar-refractivity contribution in [3.8, 4) is 11.5 Å². The molecule has 4 N–H and O–H groups in total. The molecule has 7 heteroatoms. The number of nitrogens with one attached hydrogen (secondary N) is 2. The Morgan fingerprint density at radius 2 is 1.75 bits per heavy atom. The topological polar surface area (TPSA) is 103 Å². The summed E-state index contributed by atoms with van der Waals surface area (Å²) in [6, 6.07) is 11.2. The number of methoxy groups -OCH3 is 2. The molecule has 2 aromatic rings. The van der Waals surface area contributed by atoms with Crippen molar-refractivity contribution in [2.45, 2.75) is 6.54 Å². The van der Waals surface area contributed by atoms with Gasteiger partial charge in [-0.2, -0.15) is 0 Å². The second-order valence-corrected chi connectivity index (χ2v) is 4.91. The van der Waals surface area contributed by atoms with E-state index in [4.69, 9.17) is 15.2 Å². The molecule has 0 atom stereocenters. The summed E-state index contributed by atoms with van der Waals surface area (Å²) in [7, 11) is 3.08. The number of carbonyl (C=O) groups excluding carboxylic acids is 2. The lowest BCUT2D eigenvalue weighted by atomic mass is 10.2. The highest BCUT2D eigenvalue weighted by atomic mass is 16.5. The van der Waals surface area contributed by atoms with Gasteiger partial charge in [0.1, 0.15) is 0 Å². The van der Waals surface area contributed by atoms with E-state index in [1.165, 1.54) is 7.11 Å². The van der Waals surface area contributed by atoms with Gasteiger partial charge in [0.15, 0.2) is 11.5 Å². The van der Waals surface area contributed by atoms with Crippen molar-refractivity contribution < 1.29 is 19.1 Å². The highest BCUT2D eigenvalue weighted by Gasteiger charge is 2.12. The number of hydrogen-bond acceptors (Lipinski definition) is 5. The Hall–Kier alpha value is -3.22. The number of anilines is 1. The number of ether oxygens (including phenoxy) is 2. The van der Waals surface area contributed by atoms with Crippen LogP contribution in [0.25, 0.3) is 0 Å². The smallest absolute Gasteiger partial charge is 0.321 e. The van der Waals surface area contributed by atoms with E-state index in [9.17, 15) is 9.59 Å². The summed E-state index contributed by atoms with van der Waals surface area (Å²) < 4.78 is 10.3. The Balaban J connectivity index is 1.94. The average molecular weight is 329 g/mol. The van der Waals surface area contributed by atoms with Gasteiger partial charge < -0.3 is 20.5 Å². The molecule has 2 aromatic carbocycles. The number of amides is 3. The number of rotatable bonds is 5. The molecule has 0 aromatic heterocycles. The molecule has 0 aliphatic rings. The summed E-state index contributed by atoms with van der Waals surface area (Å²) in [6.07, 6.45) is 0. The molecule has 0 radical (unpaired) electrons. The molecule has 24 heavy (non-hydrogen) atoms. The molecule has 0 bridgehead atoms. The number of benzene rings is 2. The maximum atomic E-state index is 12.0. The monoisotopic (exact) mass is 329 g/mol. The molecule has 3 amide bonds. The summed E-state index contributed by atoms with van der Waals surface area (Å²) in [5, 5.41) is 4.83. The van der Waals surface area contributed by atoms with Gasteiger partial charge in [-0.05, 0) is 29.8 Å². The minimum absolute atomic E-state index is 0.226. The van der Waals surface area contributed by atoms with Gasteiger partial charge in [-0.25, -0.2) is 4.79 Å². The third kappa shape index (κ3) is 4.16. The van der Waals surface area contributed by atoms with Crippen molar-refractivity contribution in [2.75, 3.05) is 20.0 Å². The van der Waals surface area contributed by atoms with Crippen LogP contribution in [0.15, 0.2) is 42.5 Å². The Kier molecular flexibility index (Phi) is 5.62. The number of carbonyl (C=O) groups is 2. The van der Waals surface area contributed by atoms with E-state index >= 15 is 0 Å². The van der Waals surface area contributed by atoms with Crippen molar-refractivity contribution in [1.29, 1.82) is 0 Å². The predicted molar refractivity (Wildman–Crippen MR) is 90.1 cm³/mol. The van der Waals surface area contributed by atoms with Crippen molar-refractivity contribution >= 4 is 17.6 Å². The molecule has 0 fully saturated rings. The Labute approximate surface area is 139 Å². The summed E-state index contributed by atoms with van der Waals surface area (Å²) in [6.45, 7) is 0.226. The first-order valence-corrected chi connectivity index (χ1v) is 7.19. The molecule has 2 rings (SSSR count). The highest BCUT2D eigenvalue weighted by Crippen LogP contribution is 2.27. The number of urea groups is 1. The van der Waals surface area contributed by atoms with E-state index in [-0.39, 0.29) is 12.1 Å². The van der Waals surface area contributed by atoms with Crippen LogP contribution >= 0.6 is 0 Å².